The highest BCUT2D eigenvalue weighted by molar-refractivity contribution is 5.90. The quantitative estimate of drug-likeness (QED) is 0.853. The van der Waals surface area contributed by atoms with Crippen molar-refractivity contribution in [1.82, 2.24) is 15.0 Å². The van der Waals surface area contributed by atoms with E-state index in [1.807, 2.05) is 0 Å². The number of pyridine rings is 1. The lowest BCUT2D eigenvalue weighted by Crippen LogP contribution is -2.03. The number of H-pyrrole nitrogens is 1. The number of rotatable bonds is 3. The topological polar surface area (TPSA) is 78.9 Å². The zero-order valence-corrected chi connectivity index (χ0v) is 10.1. The van der Waals surface area contributed by atoms with Crippen molar-refractivity contribution in [3.05, 3.63) is 23.7 Å². The van der Waals surface area contributed by atoms with E-state index in [1.165, 1.54) is 6.20 Å². The van der Waals surface area contributed by atoms with Crippen molar-refractivity contribution in [2.75, 3.05) is 0 Å². The summed E-state index contributed by atoms with van der Waals surface area (Å²) >= 11 is 0. The van der Waals surface area contributed by atoms with E-state index in [-0.39, 0.29) is 11.5 Å². The SMILES string of the molecule is CC(C)C(C)c1nc2ncc(C(=O)O)cc2[nH]1. The van der Waals surface area contributed by atoms with E-state index >= 15 is 0 Å². The van der Waals surface area contributed by atoms with Crippen LogP contribution in [0.15, 0.2) is 12.3 Å². The Bertz CT molecular complexity index is 560. The Morgan fingerprint density at radius 1 is 1.41 bits per heavy atom. The van der Waals surface area contributed by atoms with Gasteiger partial charge in [-0.25, -0.2) is 14.8 Å². The molecule has 90 valence electrons. The fraction of sp³-hybridized carbons (Fsp3) is 0.417. The number of nitrogens with one attached hydrogen (secondary N) is 1. The summed E-state index contributed by atoms with van der Waals surface area (Å²) in [4.78, 5) is 22.4. The monoisotopic (exact) mass is 233 g/mol. The molecule has 0 radical (unpaired) electrons. The molecule has 0 aliphatic carbocycles. The maximum atomic E-state index is 10.8. The highest BCUT2D eigenvalue weighted by Crippen LogP contribution is 2.23. The number of aromatic amines is 1. The van der Waals surface area contributed by atoms with Crippen molar-refractivity contribution < 1.29 is 9.90 Å². The predicted octanol–water partition coefficient (Wildman–Crippen LogP) is 2.42. The minimum Gasteiger partial charge on any atom is -0.478 e. The minimum atomic E-state index is -0.979. The summed E-state index contributed by atoms with van der Waals surface area (Å²) in [6.07, 6.45) is 1.33. The second-order valence-corrected chi connectivity index (χ2v) is 4.56. The molecule has 5 nitrogen and oxygen atoms in total. The van der Waals surface area contributed by atoms with Crippen molar-refractivity contribution in [2.45, 2.75) is 26.7 Å². The molecule has 0 saturated heterocycles. The van der Waals surface area contributed by atoms with Crippen molar-refractivity contribution >= 4 is 17.1 Å². The number of hydrogen-bond acceptors (Lipinski definition) is 3. The van der Waals surface area contributed by atoms with Crippen LogP contribution >= 0.6 is 0 Å². The van der Waals surface area contributed by atoms with Crippen LogP contribution in [0.2, 0.25) is 0 Å². The molecule has 0 aromatic carbocycles. The van der Waals surface area contributed by atoms with Gasteiger partial charge in [0.2, 0.25) is 0 Å². The first-order valence-electron chi connectivity index (χ1n) is 5.58. The summed E-state index contributed by atoms with van der Waals surface area (Å²) in [5, 5.41) is 8.87. The second kappa shape index (κ2) is 4.16. The molecule has 0 fully saturated rings. The van der Waals surface area contributed by atoms with Gasteiger partial charge in [-0.15, -0.1) is 0 Å². The summed E-state index contributed by atoms with van der Waals surface area (Å²) in [6.45, 7) is 6.32. The first-order chi connectivity index (χ1) is 7.99. The van der Waals surface area contributed by atoms with Gasteiger partial charge in [-0.1, -0.05) is 20.8 Å². The zero-order chi connectivity index (χ0) is 12.6. The Kier molecular flexibility index (Phi) is 2.83. The Morgan fingerprint density at radius 3 is 2.71 bits per heavy atom. The first kappa shape index (κ1) is 11.6. The largest absolute Gasteiger partial charge is 0.478 e. The number of nitrogens with zero attached hydrogens (tertiary/aromatic N) is 2. The van der Waals surface area contributed by atoms with Crippen LogP contribution in [0, 0.1) is 5.92 Å². The highest BCUT2D eigenvalue weighted by Gasteiger charge is 2.15. The third-order valence-electron chi connectivity index (χ3n) is 3.03. The molecule has 0 amide bonds. The van der Waals surface area contributed by atoms with Gasteiger partial charge in [-0.2, -0.15) is 0 Å². The van der Waals surface area contributed by atoms with E-state index in [4.69, 9.17) is 5.11 Å². The number of carboxylic acid groups (broad SMARTS) is 1. The average molecular weight is 233 g/mol. The van der Waals surface area contributed by atoms with Crippen LogP contribution in [-0.4, -0.2) is 26.0 Å². The average Bonchev–Trinajstić information content (AvgIpc) is 2.69. The van der Waals surface area contributed by atoms with Gasteiger partial charge in [0.25, 0.3) is 0 Å². The van der Waals surface area contributed by atoms with Crippen LogP contribution < -0.4 is 0 Å². The van der Waals surface area contributed by atoms with Crippen LogP contribution in [0.3, 0.4) is 0 Å². The van der Waals surface area contributed by atoms with E-state index in [0.717, 1.165) is 5.82 Å². The van der Waals surface area contributed by atoms with Crippen molar-refractivity contribution in [2.24, 2.45) is 5.92 Å². The molecule has 0 aliphatic heterocycles. The van der Waals surface area contributed by atoms with Crippen LogP contribution in [0.25, 0.3) is 11.2 Å². The van der Waals surface area contributed by atoms with Gasteiger partial charge in [-0.3, -0.25) is 0 Å². The summed E-state index contributed by atoms with van der Waals surface area (Å²) < 4.78 is 0. The van der Waals surface area contributed by atoms with Gasteiger partial charge in [0, 0.05) is 12.1 Å². The fourth-order valence-electron chi connectivity index (χ4n) is 1.57. The summed E-state index contributed by atoms with van der Waals surface area (Å²) in [6, 6.07) is 1.56. The molecule has 2 N–H and O–H groups in total. The molecule has 5 heteroatoms. The predicted molar refractivity (Wildman–Crippen MR) is 64.1 cm³/mol. The van der Waals surface area contributed by atoms with E-state index in [0.29, 0.717) is 17.1 Å². The van der Waals surface area contributed by atoms with E-state index < -0.39 is 5.97 Å². The third kappa shape index (κ3) is 2.13. The van der Waals surface area contributed by atoms with Crippen LogP contribution in [0.5, 0.6) is 0 Å². The molecule has 2 aromatic heterocycles. The number of carbonyl (C=O) groups is 1. The molecule has 1 unspecified atom stereocenters. The third-order valence-corrected chi connectivity index (χ3v) is 3.03. The Morgan fingerprint density at radius 2 is 2.12 bits per heavy atom. The van der Waals surface area contributed by atoms with Gasteiger partial charge in [0.15, 0.2) is 5.65 Å². The van der Waals surface area contributed by atoms with Gasteiger partial charge >= 0.3 is 5.97 Å². The second-order valence-electron chi connectivity index (χ2n) is 4.56. The Hall–Kier alpha value is -1.91. The number of imidazole rings is 1. The summed E-state index contributed by atoms with van der Waals surface area (Å²) in [5.74, 6) is 0.629. The number of fused-ring (bicyclic) bond motifs is 1. The number of carboxylic acids is 1. The number of aromatic nitrogens is 3. The zero-order valence-electron chi connectivity index (χ0n) is 10.1. The van der Waals surface area contributed by atoms with Crippen LogP contribution in [0.4, 0.5) is 0 Å². The Labute approximate surface area is 98.9 Å². The van der Waals surface area contributed by atoms with Gasteiger partial charge in [-0.05, 0) is 12.0 Å². The molecule has 0 aliphatic rings. The van der Waals surface area contributed by atoms with Crippen LogP contribution in [0.1, 0.15) is 42.9 Å². The molecule has 17 heavy (non-hydrogen) atoms. The molecular formula is C12H15N3O2. The van der Waals surface area contributed by atoms with Crippen molar-refractivity contribution in [3.8, 4) is 0 Å². The molecule has 0 saturated carbocycles. The smallest absolute Gasteiger partial charge is 0.337 e. The molecule has 0 spiro atoms. The van der Waals surface area contributed by atoms with Gasteiger partial charge in [0.1, 0.15) is 5.82 Å². The molecule has 2 aromatic rings. The fourth-order valence-corrected chi connectivity index (χ4v) is 1.57. The Balaban J connectivity index is 2.47. The number of hydrogen-bond donors (Lipinski definition) is 2. The lowest BCUT2D eigenvalue weighted by atomic mass is 9.98. The van der Waals surface area contributed by atoms with E-state index in [1.54, 1.807) is 6.07 Å². The number of aromatic carboxylic acids is 1. The lowest BCUT2D eigenvalue weighted by Gasteiger charge is -2.11. The molecule has 0 bridgehead atoms. The molecule has 1 atom stereocenters. The summed E-state index contributed by atoms with van der Waals surface area (Å²) in [5.41, 5.74) is 1.41. The van der Waals surface area contributed by atoms with Crippen molar-refractivity contribution in [3.63, 3.8) is 0 Å². The van der Waals surface area contributed by atoms with Gasteiger partial charge < -0.3 is 10.1 Å². The molecule has 2 rings (SSSR count). The summed E-state index contributed by atoms with van der Waals surface area (Å²) in [7, 11) is 0. The lowest BCUT2D eigenvalue weighted by molar-refractivity contribution is 0.0696. The normalized spacial score (nSPS) is 13.2. The minimum absolute atomic E-state index is 0.171. The van der Waals surface area contributed by atoms with Gasteiger partial charge in [0.05, 0.1) is 11.1 Å². The first-order valence-corrected chi connectivity index (χ1v) is 5.58. The maximum Gasteiger partial charge on any atom is 0.337 e. The highest BCUT2D eigenvalue weighted by atomic mass is 16.4. The standard InChI is InChI=1S/C12H15N3O2/c1-6(2)7(3)10-14-9-4-8(12(16)17)5-13-11(9)15-10/h4-7H,1-3H3,(H,16,17)(H,13,14,15). The molecule has 2 heterocycles. The maximum absolute atomic E-state index is 10.8. The van der Waals surface area contributed by atoms with E-state index in [9.17, 15) is 4.79 Å². The van der Waals surface area contributed by atoms with Crippen molar-refractivity contribution in [1.29, 1.82) is 0 Å². The van der Waals surface area contributed by atoms with Crippen LogP contribution in [-0.2, 0) is 0 Å². The van der Waals surface area contributed by atoms with E-state index in [2.05, 4.69) is 35.7 Å². The molecular weight excluding hydrogens is 218 g/mol.